The first-order valence-corrected chi connectivity index (χ1v) is 10.3. The Morgan fingerprint density at radius 3 is 2.50 bits per heavy atom. The van der Waals surface area contributed by atoms with Gasteiger partial charge in [-0.25, -0.2) is 13.8 Å². The number of pyridine rings is 1. The van der Waals surface area contributed by atoms with Crippen molar-refractivity contribution < 1.29 is 13.6 Å². The number of hydrogen-bond donors (Lipinski definition) is 2. The van der Waals surface area contributed by atoms with E-state index in [2.05, 4.69) is 29.7 Å². The lowest BCUT2D eigenvalue weighted by Gasteiger charge is -2.30. The molecule has 1 fully saturated rings. The zero-order valence-corrected chi connectivity index (χ0v) is 16.9. The second-order valence-electron chi connectivity index (χ2n) is 8.03. The molecule has 30 heavy (non-hydrogen) atoms. The Balaban J connectivity index is 1.28. The van der Waals surface area contributed by atoms with Crippen LogP contribution in [0.25, 0.3) is 10.9 Å². The zero-order valence-electron chi connectivity index (χ0n) is 16.9. The Morgan fingerprint density at radius 2 is 1.73 bits per heavy atom. The highest BCUT2D eigenvalue weighted by molar-refractivity contribution is 5.83. The number of nitrogens with zero attached hydrogens (tertiary/aromatic N) is 1. The number of rotatable bonds is 5. The second kappa shape index (κ2) is 8.78. The first kappa shape index (κ1) is 20.3. The maximum atomic E-state index is 13.3. The summed E-state index contributed by atoms with van der Waals surface area (Å²) in [6.07, 6.45) is 3.66. The van der Waals surface area contributed by atoms with E-state index >= 15 is 0 Å². The van der Waals surface area contributed by atoms with E-state index in [1.54, 1.807) is 0 Å². The molecule has 1 saturated carbocycles. The van der Waals surface area contributed by atoms with E-state index in [-0.39, 0.29) is 18.4 Å². The summed E-state index contributed by atoms with van der Waals surface area (Å²) >= 11 is 0. The molecule has 2 N–H and O–H groups in total. The molecule has 4 rings (SSSR count). The van der Waals surface area contributed by atoms with Gasteiger partial charge in [-0.05, 0) is 68.0 Å². The Bertz CT molecular complexity index is 1060. The van der Waals surface area contributed by atoms with Crippen molar-refractivity contribution in [3.8, 4) is 0 Å². The Kier molecular flexibility index (Phi) is 5.93. The molecule has 1 heterocycles. The first-order chi connectivity index (χ1) is 14.5. The highest BCUT2D eigenvalue weighted by atomic mass is 19.2. The van der Waals surface area contributed by atoms with Crippen molar-refractivity contribution in [1.29, 1.82) is 0 Å². The number of aryl methyl sites for hydroxylation is 1. The monoisotopic (exact) mass is 409 g/mol. The number of anilines is 1. The van der Waals surface area contributed by atoms with Crippen LogP contribution >= 0.6 is 0 Å². The minimum absolute atomic E-state index is 0.0513. The van der Waals surface area contributed by atoms with E-state index in [0.717, 1.165) is 54.5 Å². The van der Waals surface area contributed by atoms with Crippen LogP contribution in [0.2, 0.25) is 0 Å². The lowest BCUT2D eigenvalue weighted by Crippen LogP contribution is -2.40. The van der Waals surface area contributed by atoms with Crippen molar-refractivity contribution in [2.75, 3.05) is 5.32 Å². The van der Waals surface area contributed by atoms with Gasteiger partial charge in [-0.15, -0.1) is 0 Å². The van der Waals surface area contributed by atoms with Gasteiger partial charge in [0.2, 0.25) is 5.91 Å². The maximum absolute atomic E-state index is 13.3. The molecule has 156 valence electrons. The number of carbonyl (C=O) groups excluding carboxylic acids is 1. The van der Waals surface area contributed by atoms with Crippen molar-refractivity contribution in [2.45, 2.75) is 51.1 Å². The molecule has 1 amide bonds. The number of carbonyl (C=O) groups is 1. The standard InChI is InChI=1S/C24H25F2N3O/c1-15-12-23(29-22-5-3-2-4-19(15)22)27-17-7-9-18(10-8-17)28-24(30)14-16-6-11-20(25)21(26)13-16/h2-6,11-13,17-18H,7-10,14H2,1H3,(H,27,29)(H,28,30). The summed E-state index contributed by atoms with van der Waals surface area (Å²) in [5.74, 6) is -1.10. The summed E-state index contributed by atoms with van der Waals surface area (Å²) in [4.78, 5) is 17.0. The molecule has 0 saturated heterocycles. The summed E-state index contributed by atoms with van der Waals surface area (Å²) in [5.41, 5.74) is 2.65. The predicted octanol–water partition coefficient (Wildman–Crippen LogP) is 4.90. The highest BCUT2D eigenvalue weighted by Crippen LogP contribution is 2.25. The van der Waals surface area contributed by atoms with Crippen LogP contribution in [0.1, 0.15) is 36.8 Å². The molecule has 0 atom stereocenters. The SMILES string of the molecule is Cc1cc(NC2CCC(NC(=O)Cc3ccc(F)c(F)c3)CC2)nc2ccccc12. The fraction of sp³-hybridized carbons (Fsp3) is 0.333. The quantitative estimate of drug-likeness (QED) is 0.630. The fourth-order valence-electron chi connectivity index (χ4n) is 4.13. The fourth-order valence-corrected chi connectivity index (χ4v) is 4.13. The maximum Gasteiger partial charge on any atom is 0.224 e. The Morgan fingerprint density at radius 1 is 1.00 bits per heavy atom. The third kappa shape index (κ3) is 4.75. The smallest absolute Gasteiger partial charge is 0.224 e. The molecule has 0 radical (unpaired) electrons. The molecule has 0 bridgehead atoms. The minimum Gasteiger partial charge on any atom is -0.367 e. The summed E-state index contributed by atoms with van der Waals surface area (Å²) in [5, 5.41) is 7.72. The van der Waals surface area contributed by atoms with Gasteiger partial charge in [-0.1, -0.05) is 24.3 Å². The van der Waals surface area contributed by atoms with Gasteiger partial charge in [0, 0.05) is 17.5 Å². The first-order valence-electron chi connectivity index (χ1n) is 10.3. The summed E-state index contributed by atoms with van der Waals surface area (Å²) in [7, 11) is 0. The molecular weight excluding hydrogens is 384 g/mol. The van der Waals surface area contributed by atoms with Gasteiger partial charge < -0.3 is 10.6 Å². The number of benzene rings is 2. The molecular formula is C24H25F2N3O. The van der Waals surface area contributed by atoms with Crippen molar-refractivity contribution in [3.05, 3.63) is 71.3 Å². The van der Waals surface area contributed by atoms with Gasteiger partial charge in [0.1, 0.15) is 5.82 Å². The van der Waals surface area contributed by atoms with E-state index in [1.165, 1.54) is 11.6 Å². The number of para-hydroxylation sites is 1. The van der Waals surface area contributed by atoms with Crippen molar-refractivity contribution in [2.24, 2.45) is 0 Å². The van der Waals surface area contributed by atoms with Gasteiger partial charge in [0.05, 0.1) is 11.9 Å². The number of aromatic nitrogens is 1. The van der Waals surface area contributed by atoms with Crippen LogP contribution < -0.4 is 10.6 Å². The van der Waals surface area contributed by atoms with Crippen molar-refractivity contribution >= 4 is 22.6 Å². The lowest BCUT2D eigenvalue weighted by atomic mass is 9.91. The van der Waals surface area contributed by atoms with Crippen LogP contribution in [0.15, 0.2) is 48.5 Å². The normalized spacial score (nSPS) is 18.9. The van der Waals surface area contributed by atoms with Gasteiger partial charge >= 0.3 is 0 Å². The van der Waals surface area contributed by atoms with Crippen LogP contribution in [0, 0.1) is 18.6 Å². The molecule has 4 nitrogen and oxygen atoms in total. The van der Waals surface area contributed by atoms with E-state index in [1.807, 2.05) is 18.2 Å². The predicted molar refractivity (Wildman–Crippen MR) is 114 cm³/mol. The molecule has 1 aromatic heterocycles. The summed E-state index contributed by atoms with van der Waals surface area (Å²) < 4.78 is 26.3. The second-order valence-corrected chi connectivity index (χ2v) is 8.03. The third-order valence-corrected chi connectivity index (χ3v) is 5.72. The molecule has 3 aromatic rings. The third-order valence-electron chi connectivity index (χ3n) is 5.72. The van der Waals surface area contributed by atoms with E-state index < -0.39 is 11.6 Å². The van der Waals surface area contributed by atoms with E-state index in [9.17, 15) is 13.6 Å². The number of halogens is 2. The molecule has 0 spiro atoms. The summed E-state index contributed by atoms with van der Waals surface area (Å²) in [6.45, 7) is 2.09. The van der Waals surface area contributed by atoms with Crippen LogP contribution in [0.5, 0.6) is 0 Å². The van der Waals surface area contributed by atoms with Crippen LogP contribution in [-0.4, -0.2) is 23.0 Å². The van der Waals surface area contributed by atoms with Gasteiger partial charge in [0.15, 0.2) is 11.6 Å². The van der Waals surface area contributed by atoms with Gasteiger partial charge in [-0.3, -0.25) is 4.79 Å². The van der Waals surface area contributed by atoms with Gasteiger partial charge in [0.25, 0.3) is 0 Å². The number of fused-ring (bicyclic) bond motifs is 1. The number of nitrogens with one attached hydrogen (secondary N) is 2. The lowest BCUT2D eigenvalue weighted by molar-refractivity contribution is -0.121. The zero-order chi connectivity index (χ0) is 21.1. The van der Waals surface area contributed by atoms with Crippen molar-refractivity contribution in [1.82, 2.24) is 10.3 Å². The minimum atomic E-state index is -0.926. The average Bonchev–Trinajstić information content (AvgIpc) is 2.72. The number of hydrogen-bond acceptors (Lipinski definition) is 3. The Labute approximate surface area is 174 Å². The molecule has 1 aliphatic carbocycles. The number of amides is 1. The summed E-state index contributed by atoms with van der Waals surface area (Å²) in [6, 6.07) is 14.2. The molecule has 0 aliphatic heterocycles. The van der Waals surface area contributed by atoms with Gasteiger partial charge in [-0.2, -0.15) is 0 Å². The molecule has 2 aromatic carbocycles. The average molecular weight is 409 g/mol. The Hall–Kier alpha value is -3.02. The van der Waals surface area contributed by atoms with E-state index in [4.69, 9.17) is 4.98 Å². The molecule has 6 heteroatoms. The largest absolute Gasteiger partial charge is 0.367 e. The van der Waals surface area contributed by atoms with Crippen LogP contribution in [-0.2, 0) is 11.2 Å². The van der Waals surface area contributed by atoms with E-state index in [0.29, 0.717) is 11.6 Å². The van der Waals surface area contributed by atoms with Crippen LogP contribution in [0.3, 0.4) is 0 Å². The molecule has 1 aliphatic rings. The molecule has 0 unspecified atom stereocenters. The van der Waals surface area contributed by atoms with Crippen molar-refractivity contribution in [3.63, 3.8) is 0 Å². The highest BCUT2D eigenvalue weighted by Gasteiger charge is 2.23. The van der Waals surface area contributed by atoms with Crippen LogP contribution in [0.4, 0.5) is 14.6 Å². The topological polar surface area (TPSA) is 54.0 Å².